The molecule has 0 heterocycles. The van der Waals surface area contributed by atoms with Gasteiger partial charge < -0.3 is 15.9 Å². The first-order valence-corrected chi connectivity index (χ1v) is 4.47. The zero-order chi connectivity index (χ0) is 13.2. The number of aromatic hydroxyl groups is 1. The van der Waals surface area contributed by atoms with Crippen molar-refractivity contribution in [2.24, 2.45) is 5.73 Å². The number of carboxylic acids is 1. The van der Waals surface area contributed by atoms with Gasteiger partial charge in [0.2, 0.25) is 0 Å². The lowest BCUT2D eigenvalue weighted by atomic mass is 10.0. The number of halogens is 1. The number of nitro benzene ring substituents is 1. The van der Waals surface area contributed by atoms with E-state index in [4.69, 9.17) is 10.8 Å². The standard InChI is InChI=1S/C9H9FN2O5/c10-6-3-5(12(16)17)1-4(8(6)13)2-7(11)9(14)15/h1,3,7,13H,2,11H2,(H,14,15). The van der Waals surface area contributed by atoms with Gasteiger partial charge in [0, 0.05) is 18.1 Å². The van der Waals surface area contributed by atoms with Crippen LogP contribution >= 0.6 is 0 Å². The predicted octanol–water partition coefficient (Wildman–Crippen LogP) is 0.394. The van der Waals surface area contributed by atoms with E-state index in [-0.39, 0.29) is 5.56 Å². The monoisotopic (exact) mass is 244 g/mol. The van der Waals surface area contributed by atoms with Crippen LogP contribution in [0.2, 0.25) is 0 Å². The Labute approximate surface area is 94.4 Å². The molecule has 1 rings (SSSR count). The van der Waals surface area contributed by atoms with E-state index in [1.165, 1.54) is 0 Å². The third kappa shape index (κ3) is 2.88. The van der Waals surface area contributed by atoms with Crippen molar-refractivity contribution in [3.05, 3.63) is 33.6 Å². The zero-order valence-electron chi connectivity index (χ0n) is 8.46. The summed E-state index contributed by atoms with van der Waals surface area (Å²) in [6.07, 6.45) is -0.403. The lowest BCUT2D eigenvalue weighted by molar-refractivity contribution is -0.385. The average Bonchev–Trinajstić information content (AvgIpc) is 2.23. The molecule has 1 atom stereocenters. The van der Waals surface area contributed by atoms with Crippen molar-refractivity contribution in [3.8, 4) is 5.75 Å². The van der Waals surface area contributed by atoms with Crippen LogP contribution in [0.5, 0.6) is 5.75 Å². The summed E-state index contributed by atoms with van der Waals surface area (Å²) >= 11 is 0. The second-order valence-electron chi connectivity index (χ2n) is 3.34. The largest absolute Gasteiger partial charge is 0.505 e. The molecule has 4 N–H and O–H groups in total. The molecule has 0 aliphatic rings. The number of non-ortho nitro benzene ring substituents is 1. The van der Waals surface area contributed by atoms with Gasteiger partial charge in [-0.1, -0.05) is 0 Å². The number of nitro groups is 1. The van der Waals surface area contributed by atoms with E-state index in [2.05, 4.69) is 0 Å². The van der Waals surface area contributed by atoms with Gasteiger partial charge in [0.25, 0.3) is 5.69 Å². The average molecular weight is 244 g/mol. The number of carboxylic acid groups (broad SMARTS) is 1. The molecule has 92 valence electrons. The molecule has 0 aliphatic heterocycles. The highest BCUT2D eigenvalue weighted by Crippen LogP contribution is 2.27. The van der Waals surface area contributed by atoms with Gasteiger partial charge in [-0.2, -0.15) is 0 Å². The lowest BCUT2D eigenvalue weighted by Gasteiger charge is -2.08. The fraction of sp³-hybridized carbons (Fsp3) is 0.222. The van der Waals surface area contributed by atoms with E-state index in [0.717, 1.165) is 6.07 Å². The fourth-order valence-electron chi connectivity index (χ4n) is 1.23. The Hall–Kier alpha value is -2.22. The Balaban J connectivity index is 3.14. The van der Waals surface area contributed by atoms with Crippen molar-refractivity contribution in [1.29, 1.82) is 0 Å². The van der Waals surface area contributed by atoms with Crippen LogP contribution in [0.25, 0.3) is 0 Å². The van der Waals surface area contributed by atoms with Crippen LogP contribution < -0.4 is 5.73 Å². The lowest BCUT2D eigenvalue weighted by Crippen LogP contribution is -2.32. The van der Waals surface area contributed by atoms with Crippen molar-refractivity contribution >= 4 is 11.7 Å². The Bertz CT molecular complexity index is 477. The maximum absolute atomic E-state index is 13.1. The van der Waals surface area contributed by atoms with Gasteiger partial charge in [0.1, 0.15) is 6.04 Å². The summed E-state index contributed by atoms with van der Waals surface area (Å²) in [7, 11) is 0. The molecule has 0 radical (unpaired) electrons. The number of hydrogen-bond donors (Lipinski definition) is 3. The van der Waals surface area contributed by atoms with E-state index in [9.17, 15) is 24.4 Å². The van der Waals surface area contributed by atoms with E-state index in [0.29, 0.717) is 6.07 Å². The molecule has 0 bridgehead atoms. The topological polar surface area (TPSA) is 127 Å². The number of nitrogens with zero attached hydrogens (tertiary/aromatic N) is 1. The SMILES string of the molecule is NC(Cc1cc([N+](=O)[O-])cc(F)c1O)C(=O)O. The van der Waals surface area contributed by atoms with Crippen LogP contribution in [-0.4, -0.2) is 27.1 Å². The molecule has 0 aliphatic carbocycles. The number of rotatable bonds is 4. The van der Waals surface area contributed by atoms with E-state index in [1.807, 2.05) is 0 Å². The maximum Gasteiger partial charge on any atom is 0.320 e. The number of nitrogens with two attached hydrogens (primary N) is 1. The van der Waals surface area contributed by atoms with Crippen LogP contribution in [0.3, 0.4) is 0 Å². The summed E-state index contributed by atoms with van der Waals surface area (Å²) < 4.78 is 13.1. The van der Waals surface area contributed by atoms with Gasteiger partial charge in [-0.15, -0.1) is 0 Å². The minimum Gasteiger partial charge on any atom is -0.505 e. The van der Waals surface area contributed by atoms with Gasteiger partial charge in [0.15, 0.2) is 11.6 Å². The molecule has 0 spiro atoms. The summed E-state index contributed by atoms with van der Waals surface area (Å²) in [6.45, 7) is 0. The van der Waals surface area contributed by atoms with Crippen LogP contribution in [0.4, 0.5) is 10.1 Å². The maximum atomic E-state index is 13.1. The first kappa shape index (κ1) is 12.8. The Morgan fingerprint density at radius 2 is 2.18 bits per heavy atom. The summed E-state index contributed by atoms with van der Waals surface area (Å²) in [5.74, 6) is -3.37. The zero-order valence-corrected chi connectivity index (χ0v) is 8.46. The first-order chi connectivity index (χ1) is 7.82. The highest BCUT2D eigenvalue weighted by molar-refractivity contribution is 5.73. The molecule has 7 nitrogen and oxygen atoms in total. The van der Waals surface area contributed by atoms with Gasteiger partial charge in [-0.05, 0) is 0 Å². The summed E-state index contributed by atoms with van der Waals surface area (Å²) in [5.41, 5.74) is 4.40. The smallest absolute Gasteiger partial charge is 0.320 e. The summed E-state index contributed by atoms with van der Waals surface area (Å²) in [5, 5.41) is 28.3. The predicted molar refractivity (Wildman–Crippen MR) is 54.0 cm³/mol. The summed E-state index contributed by atoms with van der Waals surface area (Å²) in [6, 6.07) is 0.0640. The number of carbonyl (C=O) groups is 1. The summed E-state index contributed by atoms with van der Waals surface area (Å²) in [4.78, 5) is 20.1. The van der Waals surface area contributed by atoms with E-state index < -0.39 is 40.6 Å². The Morgan fingerprint density at radius 3 is 2.65 bits per heavy atom. The second-order valence-corrected chi connectivity index (χ2v) is 3.34. The molecule has 17 heavy (non-hydrogen) atoms. The van der Waals surface area contributed by atoms with Crippen molar-refractivity contribution < 1.29 is 24.3 Å². The molecule has 0 amide bonds. The Kier molecular flexibility index (Phi) is 3.59. The molecule has 0 fully saturated rings. The van der Waals surface area contributed by atoms with Crippen LogP contribution in [0.15, 0.2) is 12.1 Å². The van der Waals surface area contributed by atoms with Gasteiger partial charge >= 0.3 is 5.97 Å². The number of hydrogen-bond acceptors (Lipinski definition) is 5. The first-order valence-electron chi connectivity index (χ1n) is 4.47. The highest BCUT2D eigenvalue weighted by Gasteiger charge is 2.20. The molecule has 1 aromatic rings. The molecular weight excluding hydrogens is 235 g/mol. The number of phenols is 1. The molecule has 8 heteroatoms. The van der Waals surface area contributed by atoms with E-state index in [1.54, 1.807) is 0 Å². The molecule has 0 saturated heterocycles. The number of benzene rings is 1. The third-order valence-electron chi connectivity index (χ3n) is 2.09. The van der Waals surface area contributed by atoms with E-state index >= 15 is 0 Å². The quantitative estimate of drug-likeness (QED) is 0.519. The van der Waals surface area contributed by atoms with Crippen molar-refractivity contribution in [2.75, 3.05) is 0 Å². The molecule has 0 aromatic heterocycles. The molecule has 1 unspecified atom stereocenters. The van der Waals surface area contributed by atoms with Gasteiger partial charge in [-0.3, -0.25) is 14.9 Å². The van der Waals surface area contributed by atoms with Crippen LogP contribution in [-0.2, 0) is 11.2 Å². The number of phenolic OH excluding ortho intramolecular Hbond substituents is 1. The molecular formula is C9H9FN2O5. The Morgan fingerprint density at radius 1 is 1.59 bits per heavy atom. The second kappa shape index (κ2) is 4.74. The van der Waals surface area contributed by atoms with Crippen LogP contribution in [0.1, 0.15) is 5.56 Å². The fourth-order valence-corrected chi connectivity index (χ4v) is 1.23. The minimum atomic E-state index is -1.37. The highest BCUT2D eigenvalue weighted by atomic mass is 19.1. The van der Waals surface area contributed by atoms with Crippen molar-refractivity contribution in [1.82, 2.24) is 0 Å². The number of aliphatic carboxylic acids is 1. The minimum absolute atomic E-state index is 0.216. The molecule has 0 saturated carbocycles. The van der Waals surface area contributed by atoms with Crippen molar-refractivity contribution in [2.45, 2.75) is 12.5 Å². The molecule has 1 aromatic carbocycles. The normalized spacial score (nSPS) is 12.1. The third-order valence-corrected chi connectivity index (χ3v) is 2.09. The van der Waals surface area contributed by atoms with Crippen molar-refractivity contribution in [3.63, 3.8) is 0 Å². The van der Waals surface area contributed by atoms with Gasteiger partial charge in [-0.25, -0.2) is 4.39 Å². The van der Waals surface area contributed by atoms with Gasteiger partial charge in [0.05, 0.1) is 11.0 Å². The van der Waals surface area contributed by atoms with Crippen LogP contribution in [0, 0.1) is 15.9 Å².